The molecule has 0 unspecified atom stereocenters. The van der Waals surface area contributed by atoms with E-state index in [1.165, 1.54) is 28.6 Å². The predicted molar refractivity (Wildman–Crippen MR) is 119 cm³/mol. The van der Waals surface area contributed by atoms with Crippen LogP contribution >= 0.6 is 0 Å². The lowest BCUT2D eigenvalue weighted by Crippen LogP contribution is -2.27. The molecule has 1 aliphatic rings. The summed E-state index contributed by atoms with van der Waals surface area (Å²) in [7, 11) is -3.57. The zero-order chi connectivity index (χ0) is 24.3. The number of sulfonamides is 1. The predicted octanol–water partition coefficient (Wildman–Crippen LogP) is 4.48. The van der Waals surface area contributed by atoms with Crippen LogP contribution in [0.5, 0.6) is 6.01 Å². The molecule has 3 aromatic rings. The smallest absolute Gasteiger partial charge is 0.416 e. The Labute approximate surface area is 194 Å². The van der Waals surface area contributed by atoms with Gasteiger partial charge in [0.2, 0.25) is 16.0 Å². The number of nitrogens with zero attached hydrogens (tertiary/aromatic N) is 4. The zero-order valence-corrected chi connectivity index (χ0v) is 19.0. The quantitative estimate of drug-likeness (QED) is 0.518. The van der Waals surface area contributed by atoms with Crippen molar-refractivity contribution in [3.8, 4) is 17.4 Å². The second kappa shape index (κ2) is 9.55. The molecule has 34 heavy (non-hydrogen) atoms. The van der Waals surface area contributed by atoms with Gasteiger partial charge in [-0.3, -0.25) is 0 Å². The Morgan fingerprint density at radius 1 is 1.03 bits per heavy atom. The van der Waals surface area contributed by atoms with Crippen LogP contribution in [-0.4, -0.2) is 47.4 Å². The molecule has 2 heterocycles. The number of hydrogen-bond donors (Lipinski definition) is 1. The molecule has 12 heteroatoms. The van der Waals surface area contributed by atoms with Gasteiger partial charge in [0.25, 0.3) is 0 Å². The fourth-order valence-corrected chi connectivity index (χ4v) is 5.01. The Bertz CT molecular complexity index is 1260. The summed E-state index contributed by atoms with van der Waals surface area (Å²) in [6, 6.07) is 10.7. The number of hydrogen-bond acceptors (Lipinski definition) is 7. The van der Waals surface area contributed by atoms with E-state index in [2.05, 4.69) is 20.3 Å². The van der Waals surface area contributed by atoms with Crippen molar-refractivity contribution in [1.29, 1.82) is 0 Å². The Kier molecular flexibility index (Phi) is 6.71. The first-order chi connectivity index (χ1) is 16.2. The van der Waals surface area contributed by atoms with Gasteiger partial charge in [-0.15, -0.1) is 0 Å². The number of halogens is 3. The van der Waals surface area contributed by atoms with Gasteiger partial charge in [0.15, 0.2) is 5.82 Å². The average Bonchev–Trinajstić information content (AvgIpc) is 3.35. The molecule has 180 valence electrons. The Morgan fingerprint density at radius 3 is 2.38 bits per heavy atom. The maximum absolute atomic E-state index is 13.0. The van der Waals surface area contributed by atoms with E-state index in [4.69, 9.17) is 4.74 Å². The van der Waals surface area contributed by atoms with E-state index in [0.29, 0.717) is 18.7 Å². The van der Waals surface area contributed by atoms with Crippen molar-refractivity contribution in [2.75, 3.05) is 25.0 Å². The zero-order valence-electron chi connectivity index (χ0n) is 18.2. The average molecular weight is 494 g/mol. The fraction of sp³-hybridized carbons (Fsp3) is 0.318. The molecular weight excluding hydrogens is 471 g/mol. The van der Waals surface area contributed by atoms with Gasteiger partial charge in [0.05, 0.1) is 17.1 Å². The Morgan fingerprint density at radius 2 is 1.74 bits per heavy atom. The highest BCUT2D eigenvalue weighted by Crippen LogP contribution is 2.31. The molecule has 4 rings (SSSR count). The molecule has 0 atom stereocenters. The van der Waals surface area contributed by atoms with Gasteiger partial charge in [-0.1, -0.05) is 6.07 Å². The lowest BCUT2D eigenvalue weighted by atomic mass is 10.2. The third-order valence-corrected chi connectivity index (χ3v) is 7.06. The van der Waals surface area contributed by atoms with Gasteiger partial charge in [-0.2, -0.15) is 32.4 Å². The number of rotatable bonds is 7. The molecular formula is C22H22F3N5O3S. The molecule has 8 nitrogen and oxygen atoms in total. The third kappa shape index (κ3) is 5.28. The van der Waals surface area contributed by atoms with Crippen molar-refractivity contribution in [3.05, 3.63) is 54.1 Å². The molecule has 0 radical (unpaired) electrons. The topological polar surface area (TPSA) is 97.3 Å². The van der Waals surface area contributed by atoms with Gasteiger partial charge >= 0.3 is 12.2 Å². The highest BCUT2D eigenvalue weighted by atomic mass is 32.2. The molecule has 0 saturated carbocycles. The first-order valence-corrected chi connectivity index (χ1v) is 12.0. The summed E-state index contributed by atoms with van der Waals surface area (Å²) in [5.41, 5.74) is -0.177. The van der Waals surface area contributed by atoms with E-state index in [0.717, 1.165) is 25.0 Å². The highest BCUT2D eigenvalue weighted by molar-refractivity contribution is 7.89. The maximum Gasteiger partial charge on any atom is 0.416 e. The lowest BCUT2D eigenvalue weighted by molar-refractivity contribution is -0.137. The second-order valence-corrected chi connectivity index (χ2v) is 9.48. The van der Waals surface area contributed by atoms with Crippen LogP contribution in [0.25, 0.3) is 11.4 Å². The van der Waals surface area contributed by atoms with Crippen LogP contribution in [0.3, 0.4) is 0 Å². The lowest BCUT2D eigenvalue weighted by Gasteiger charge is -2.15. The van der Waals surface area contributed by atoms with Crippen LogP contribution in [-0.2, 0) is 16.2 Å². The molecule has 1 fully saturated rings. The monoisotopic (exact) mass is 493 g/mol. The summed E-state index contributed by atoms with van der Waals surface area (Å²) in [4.78, 5) is 12.8. The van der Waals surface area contributed by atoms with E-state index in [9.17, 15) is 21.6 Å². The summed E-state index contributed by atoms with van der Waals surface area (Å²) in [5.74, 6) is 0.166. The number of nitrogens with one attached hydrogen (secondary N) is 1. The van der Waals surface area contributed by atoms with Crippen LogP contribution in [0.4, 0.5) is 24.8 Å². The van der Waals surface area contributed by atoms with Crippen molar-refractivity contribution >= 4 is 21.7 Å². The fourth-order valence-electron chi connectivity index (χ4n) is 3.49. The van der Waals surface area contributed by atoms with E-state index >= 15 is 0 Å². The first kappa shape index (κ1) is 23.9. The number of ether oxygens (including phenoxy) is 1. The second-order valence-electron chi connectivity index (χ2n) is 7.54. The van der Waals surface area contributed by atoms with Crippen molar-refractivity contribution in [1.82, 2.24) is 19.3 Å². The molecule has 0 aliphatic carbocycles. The molecule has 2 aromatic carbocycles. The van der Waals surface area contributed by atoms with E-state index in [1.54, 1.807) is 19.1 Å². The Balaban J connectivity index is 1.64. The van der Waals surface area contributed by atoms with Gasteiger partial charge in [0, 0.05) is 24.3 Å². The third-order valence-electron chi connectivity index (χ3n) is 5.15. The van der Waals surface area contributed by atoms with Crippen LogP contribution in [0.15, 0.2) is 53.4 Å². The molecule has 1 N–H and O–H groups in total. The highest BCUT2D eigenvalue weighted by Gasteiger charge is 2.30. The van der Waals surface area contributed by atoms with E-state index in [-0.39, 0.29) is 35.0 Å². The summed E-state index contributed by atoms with van der Waals surface area (Å²) < 4.78 is 71.5. The van der Waals surface area contributed by atoms with Crippen molar-refractivity contribution in [2.24, 2.45) is 0 Å². The van der Waals surface area contributed by atoms with Crippen LogP contribution in [0.1, 0.15) is 25.3 Å². The summed E-state index contributed by atoms with van der Waals surface area (Å²) >= 11 is 0. The number of anilines is 2. The number of benzene rings is 2. The standard InChI is InChI=1S/C22H22F3N5O3S/c1-2-33-21-28-19(15-8-10-18(11-9-15)34(31,32)30-12-3-4-13-30)27-20(29-21)26-17-7-5-6-16(14-17)22(23,24)25/h5-11,14H,2-4,12-13H2,1H3,(H,26,27,28,29). The summed E-state index contributed by atoms with van der Waals surface area (Å²) in [6.07, 6.45) is -2.82. The molecule has 0 spiro atoms. The number of aromatic nitrogens is 3. The van der Waals surface area contributed by atoms with Crippen LogP contribution < -0.4 is 10.1 Å². The maximum atomic E-state index is 13.0. The van der Waals surface area contributed by atoms with Crippen LogP contribution in [0.2, 0.25) is 0 Å². The SMILES string of the molecule is CCOc1nc(Nc2cccc(C(F)(F)F)c2)nc(-c2ccc(S(=O)(=O)N3CCCC3)cc2)n1. The summed E-state index contributed by atoms with van der Waals surface area (Å²) in [6.45, 7) is 3.00. The van der Waals surface area contributed by atoms with Crippen molar-refractivity contribution in [2.45, 2.75) is 30.8 Å². The first-order valence-electron chi connectivity index (χ1n) is 10.6. The molecule has 0 bridgehead atoms. The molecule has 1 saturated heterocycles. The van der Waals surface area contributed by atoms with Gasteiger partial charge in [0.1, 0.15) is 0 Å². The van der Waals surface area contributed by atoms with E-state index < -0.39 is 21.8 Å². The largest absolute Gasteiger partial charge is 0.464 e. The molecule has 1 aromatic heterocycles. The molecule has 1 aliphatic heterocycles. The van der Waals surface area contributed by atoms with Gasteiger partial charge < -0.3 is 10.1 Å². The van der Waals surface area contributed by atoms with Crippen molar-refractivity contribution < 1.29 is 26.3 Å². The minimum absolute atomic E-state index is 0.0125. The molecule has 0 amide bonds. The normalized spacial score (nSPS) is 14.8. The van der Waals surface area contributed by atoms with E-state index in [1.807, 2.05) is 0 Å². The summed E-state index contributed by atoms with van der Waals surface area (Å²) in [5, 5.41) is 2.75. The van der Waals surface area contributed by atoms with Gasteiger partial charge in [-0.25, -0.2) is 8.42 Å². The minimum Gasteiger partial charge on any atom is -0.464 e. The minimum atomic E-state index is -4.49. The van der Waals surface area contributed by atoms with Crippen molar-refractivity contribution in [3.63, 3.8) is 0 Å². The Hall–Kier alpha value is -3.25. The van der Waals surface area contributed by atoms with Gasteiger partial charge in [-0.05, 0) is 62.2 Å². The van der Waals surface area contributed by atoms with Crippen LogP contribution in [0, 0.1) is 0 Å². The number of alkyl halides is 3.